The average molecular weight is 578 g/mol. The first-order chi connectivity index (χ1) is 18.2. The fourth-order valence-electron chi connectivity index (χ4n) is 3.69. The zero-order valence-electron chi connectivity index (χ0n) is 21.5. The van der Waals surface area contributed by atoms with Crippen molar-refractivity contribution in [2.45, 2.75) is 39.5 Å². The van der Waals surface area contributed by atoms with Crippen LogP contribution >= 0.6 is 34.5 Å². The molecular formula is C28H30Cl2N2O5S. The van der Waals surface area contributed by atoms with Crippen molar-refractivity contribution >= 4 is 57.6 Å². The van der Waals surface area contributed by atoms with E-state index in [4.69, 9.17) is 37.8 Å². The van der Waals surface area contributed by atoms with Crippen molar-refractivity contribution in [1.29, 1.82) is 0 Å². The minimum atomic E-state index is -1.09. The van der Waals surface area contributed by atoms with Gasteiger partial charge in [-0.3, -0.25) is 10.1 Å². The van der Waals surface area contributed by atoms with Gasteiger partial charge in [0.25, 0.3) is 5.91 Å². The molecule has 0 aliphatic heterocycles. The number of nitrogens with zero attached hydrogens (tertiary/aromatic N) is 1. The molecular weight excluding hydrogens is 547 g/mol. The van der Waals surface area contributed by atoms with Crippen LogP contribution in [0.1, 0.15) is 54.6 Å². The summed E-state index contributed by atoms with van der Waals surface area (Å²) in [4.78, 5) is 28.6. The molecule has 0 bridgehead atoms. The van der Waals surface area contributed by atoms with Gasteiger partial charge in [-0.05, 0) is 56.0 Å². The second kappa shape index (κ2) is 14.3. The minimum absolute atomic E-state index is 0.0705. The Morgan fingerprint density at radius 1 is 1.16 bits per heavy atom. The number of hydrogen-bond donors (Lipinski definition) is 2. The molecule has 38 heavy (non-hydrogen) atoms. The van der Waals surface area contributed by atoms with E-state index in [-0.39, 0.29) is 21.2 Å². The number of para-hydroxylation sites is 1. The number of anilines is 1. The van der Waals surface area contributed by atoms with Crippen LogP contribution in [-0.2, 0) is 16.0 Å². The standard InChI is InChI=1S/C28H30Cl2N2O5S/c1-4-5-11-37-12-7-9-18-8-6-10-20(25(18)36-3)24-16-38-28(31-24)32-26(33)19-14-22(29)21(23(30)15-19)13-17(2)27(34)35/h6,8,10,13-16H,4-5,7,9,11-12H2,1-3H3,(H,34,35)(H,31,32,33)/b17-13+. The van der Waals surface area contributed by atoms with E-state index >= 15 is 0 Å². The lowest BCUT2D eigenvalue weighted by atomic mass is 10.0. The number of hydrogen-bond acceptors (Lipinski definition) is 6. The van der Waals surface area contributed by atoms with Gasteiger partial charge >= 0.3 is 5.97 Å². The number of carbonyl (C=O) groups excluding carboxylic acids is 1. The number of aryl methyl sites for hydroxylation is 1. The van der Waals surface area contributed by atoms with Gasteiger partial charge in [-0.25, -0.2) is 9.78 Å². The van der Waals surface area contributed by atoms with Crippen molar-refractivity contribution in [1.82, 2.24) is 4.98 Å². The maximum Gasteiger partial charge on any atom is 0.331 e. The summed E-state index contributed by atoms with van der Waals surface area (Å²) < 4.78 is 11.4. The van der Waals surface area contributed by atoms with Gasteiger partial charge in [0, 0.05) is 40.9 Å². The zero-order chi connectivity index (χ0) is 27.7. The summed E-state index contributed by atoms with van der Waals surface area (Å²) in [5, 5.41) is 14.5. The molecule has 10 heteroatoms. The zero-order valence-corrected chi connectivity index (χ0v) is 23.8. The summed E-state index contributed by atoms with van der Waals surface area (Å²) in [7, 11) is 1.64. The van der Waals surface area contributed by atoms with E-state index in [1.54, 1.807) is 7.11 Å². The third kappa shape index (κ3) is 7.80. The molecule has 0 aliphatic rings. The molecule has 0 saturated heterocycles. The SMILES string of the molecule is CCCCOCCCc1cccc(-c2csc(NC(=O)c3cc(Cl)c(/C=C(\C)C(=O)O)c(Cl)c3)n2)c1OC. The van der Waals surface area contributed by atoms with E-state index < -0.39 is 11.9 Å². The number of carboxylic acid groups (broad SMARTS) is 1. The molecule has 1 amide bonds. The highest BCUT2D eigenvalue weighted by atomic mass is 35.5. The molecule has 1 aromatic heterocycles. The number of carboxylic acids is 1. The molecule has 1 heterocycles. The number of halogens is 2. The van der Waals surface area contributed by atoms with Crippen LogP contribution in [0, 0.1) is 0 Å². The Hall–Kier alpha value is -2.91. The van der Waals surface area contributed by atoms with E-state index in [1.165, 1.54) is 36.5 Å². The van der Waals surface area contributed by atoms with E-state index in [1.807, 2.05) is 23.6 Å². The number of thiazole rings is 1. The van der Waals surface area contributed by atoms with Crippen molar-refractivity contribution in [3.05, 3.63) is 68.0 Å². The monoisotopic (exact) mass is 576 g/mol. The Kier molecular flexibility index (Phi) is 11.2. The summed E-state index contributed by atoms with van der Waals surface area (Å²) in [6.07, 6.45) is 5.25. The van der Waals surface area contributed by atoms with E-state index in [0.717, 1.165) is 49.2 Å². The van der Waals surface area contributed by atoms with Crippen LogP contribution in [0.5, 0.6) is 5.75 Å². The molecule has 0 aliphatic carbocycles. The number of unbranched alkanes of at least 4 members (excludes halogenated alkanes) is 1. The van der Waals surface area contributed by atoms with E-state index in [0.29, 0.717) is 23.0 Å². The summed E-state index contributed by atoms with van der Waals surface area (Å²) in [6.45, 7) is 5.06. The largest absolute Gasteiger partial charge is 0.496 e. The van der Waals surface area contributed by atoms with Crippen LogP contribution in [0.15, 0.2) is 41.3 Å². The molecule has 7 nitrogen and oxygen atoms in total. The predicted molar refractivity (Wildman–Crippen MR) is 154 cm³/mol. The Morgan fingerprint density at radius 3 is 2.53 bits per heavy atom. The average Bonchev–Trinajstić information content (AvgIpc) is 3.35. The molecule has 0 fully saturated rings. The first kappa shape index (κ1) is 29.6. The van der Waals surface area contributed by atoms with Gasteiger partial charge in [0.05, 0.1) is 22.8 Å². The highest BCUT2D eigenvalue weighted by molar-refractivity contribution is 7.14. The number of carbonyl (C=O) groups is 2. The lowest BCUT2D eigenvalue weighted by Gasteiger charge is -2.12. The molecule has 2 aromatic carbocycles. The fraction of sp³-hybridized carbons (Fsp3) is 0.321. The Morgan fingerprint density at radius 2 is 1.87 bits per heavy atom. The lowest BCUT2D eigenvalue weighted by molar-refractivity contribution is -0.132. The summed E-state index contributed by atoms with van der Waals surface area (Å²) in [6, 6.07) is 8.82. The van der Waals surface area contributed by atoms with Crippen molar-refractivity contribution in [2.75, 3.05) is 25.6 Å². The first-order valence-corrected chi connectivity index (χ1v) is 13.8. The van der Waals surface area contributed by atoms with Crippen molar-refractivity contribution in [3.63, 3.8) is 0 Å². The maximum atomic E-state index is 12.9. The molecule has 3 aromatic rings. The van der Waals surface area contributed by atoms with E-state index in [2.05, 4.69) is 17.2 Å². The summed E-state index contributed by atoms with van der Waals surface area (Å²) in [5.74, 6) is -0.774. The molecule has 0 unspecified atom stereocenters. The van der Waals surface area contributed by atoms with Crippen LogP contribution < -0.4 is 10.1 Å². The lowest BCUT2D eigenvalue weighted by Crippen LogP contribution is -2.12. The normalized spacial score (nSPS) is 11.4. The van der Waals surface area contributed by atoms with Crippen molar-refractivity contribution in [2.24, 2.45) is 0 Å². The third-order valence-corrected chi connectivity index (χ3v) is 7.10. The summed E-state index contributed by atoms with van der Waals surface area (Å²) in [5.41, 5.74) is 3.22. The molecule has 0 atom stereocenters. The molecule has 3 rings (SSSR count). The topological polar surface area (TPSA) is 97.8 Å². The second-order valence-corrected chi connectivity index (χ2v) is 10.2. The number of amides is 1. The number of aromatic nitrogens is 1. The predicted octanol–water partition coefficient (Wildman–Crippen LogP) is 7.62. The van der Waals surface area contributed by atoms with Gasteiger partial charge in [0.15, 0.2) is 5.13 Å². The highest BCUT2D eigenvalue weighted by Gasteiger charge is 2.17. The Bertz CT molecular complexity index is 1300. The van der Waals surface area contributed by atoms with Crippen LogP contribution in [0.2, 0.25) is 10.0 Å². The van der Waals surface area contributed by atoms with Gasteiger partial charge in [0.2, 0.25) is 0 Å². The Labute approximate surface area is 236 Å². The summed E-state index contributed by atoms with van der Waals surface area (Å²) >= 11 is 13.9. The fourth-order valence-corrected chi connectivity index (χ4v) is 5.00. The quantitative estimate of drug-likeness (QED) is 0.160. The van der Waals surface area contributed by atoms with Crippen LogP contribution in [0.4, 0.5) is 5.13 Å². The smallest absolute Gasteiger partial charge is 0.331 e. The first-order valence-electron chi connectivity index (χ1n) is 12.2. The van der Waals surface area contributed by atoms with Crippen LogP contribution in [-0.4, -0.2) is 42.3 Å². The number of rotatable bonds is 13. The molecule has 2 N–H and O–H groups in total. The van der Waals surface area contributed by atoms with Gasteiger partial charge in [-0.2, -0.15) is 0 Å². The number of methoxy groups -OCH3 is 1. The number of nitrogens with one attached hydrogen (secondary N) is 1. The Balaban J connectivity index is 1.73. The maximum absolute atomic E-state index is 12.9. The van der Waals surface area contributed by atoms with E-state index in [9.17, 15) is 9.59 Å². The minimum Gasteiger partial charge on any atom is -0.496 e. The van der Waals surface area contributed by atoms with Crippen molar-refractivity contribution in [3.8, 4) is 17.0 Å². The van der Waals surface area contributed by atoms with Crippen molar-refractivity contribution < 1.29 is 24.2 Å². The molecule has 202 valence electrons. The third-order valence-electron chi connectivity index (χ3n) is 5.72. The molecule has 0 spiro atoms. The molecule has 0 radical (unpaired) electrons. The van der Waals surface area contributed by atoms with Gasteiger partial charge in [0.1, 0.15) is 5.75 Å². The molecule has 0 saturated carbocycles. The number of benzene rings is 2. The van der Waals surface area contributed by atoms with Crippen LogP contribution in [0.3, 0.4) is 0 Å². The van der Waals surface area contributed by atoms with Gasteiger partial charge in [-0.1, -0.05) is 48.7 Å². The number of aliphatic carboxylic acids is 1. The second-order valence-electron chi connectivity index (χ2n) is 8.55. The van der Waals surface area contributed by atoms with Gasteiger partial charge in [-0.15, -0.1) is 11.3 Å². The van der Waals surface area contributed by atoms with Gasteiger partial charge < -0.3 is 14.6 Å². The highest BCUT2D eigenvalue weighted by Crippen LogP contribution is 2.36. The van der Waals surface area contributed by atoms with Crippen LogP contribution in [0.25, 0.3) is 17.3 Å². The number of ether oxygens (including phenoxy) is 2.